The van der Waals surface area contributed by atoms with Gasteiger partial charge in [0.25, 0.3) is 0 Å². The third kappa shape index (κ3) is 3.91. The minimum Gasteiger partial charge on any atom is -0.494 e. The molecule has 1 aliphatic rings. The number of ether oxygens (including phenoxy) is 2. The maximum absolute atomic E-state index is 13.6. The lowest BCUT2D eigenvalue weighted by Crippen LogP contribution is -2.23. The third-order valence-electron chi connectivity index (χ3n) is 3.62. The van der Waals surface area contributed by atoms with Crippen molar-refractivity contribution in [1.82, 2.24) is 5.32 Å². The van der Waals surface area contributed by atoms with Crippen molar-refractivity contribution in [3.8, 4) is 5.75 Å². The van der Waals surface area contributed by atoms with Gasteiger partial charge in [-0.2, -0.15) is 0 Å². The van der Waals surface area contributed by atoms with Crippen LogP contribution in [0, 0.1) is 5.82 Å². The Morgan fingerprint density at radius 2 is 2.37 bits per heavy atom. The molecule has 0 amide bonds. The molecule has 2 atom stereocenters. The quantitative estimate of drug-likeness (QED) is 0.859. The summed E-state index contributed by atoms with van der Waals surface area (Å²) in [5.41, 5.74) is 0.936. The smallest absolute Gasteiger partial charge is 0.165 e. The molecule has 3 nitrogen and oxygen atoms in total. The fraction of sp³-hybridized carbons (Fsp3) is 0.600. The van der Waals surface area contributed by atoms with Gasteiger partial charge in [-0.3, -0.25) is 0 Å². The molecular weight excluding hydrogens is 245 g/mol. The Hall–Kier alpha value is -1.13. The van der Waals surface area contributed by atoms with Crippen molar-refractivity contribution < 1.29 is 13.9 Å². The van der Waals surface area contributed by atoms with E-state index in [1.807, 2.05) is 13.0 Å². The zero-order valence-electron chi connectivity index (χ0n) is 11.6. The van der Waals surface area contributed by atoms with Crippen LogP contribution >= 0.6 is 0 Å². The molecule has 0 bridgehead atoms. The second kappa shape index (κ2) is 6.87. The maximum atomic E-state index is 13.6. The molecule has 1 aliphatic heterocycles. The van der Waals surface area contributed by atoms with Crippen LogP contribution in [-0.2, 0) is 4.74 Å². The van der Waals surface area contributed by atoms with Crippen molar-refractivity contribution in [3.63, 3.8) is 0 Å². The summed E-state index contributed by atoms with van der Waals surface area (Å²) in [4.78, 5) is 0. The van der Waals surface area contributed by atoms with Gasteiger partial charge in [0.15, 0.2) is 11.6 Å². The molecule has 2 unspecified atom stereocenters. The molecule has 1 N–H and O–H groups in total. The zero-order valence-corrected chi connectivity index (χ0v) is 11.6. The van der Waals surface area contributed by atoms with Crippen molar-refractivity contribution in [2.24, 2.45) is 0 Å². The number of benzene rings is 1. The van der Waals surface area contributed by atoms with Gasteiger partial charge in [-0.05, 0) is 50.4 Å². The van der Waals surface area contributed by atoms with E-state index in [0.29, 0.717) is 6.10 Å². The van der Waals surface area contributed by atoms with Gasteiger partial charge in [0.1, 0.15) is 0 Å². The standard InChI is InChI=1S/C15H22FNO2/c1-11(17-8-7-13-4-3-9-19-13)12-5-6-15(18-2)14(16)10-12/h5-6,10-11,13,17H,3-4,7-9H2,1-2H3. The first-order valence-electron chi connectivity index (χ1n) is 6.89. The van der Waals surface area contributed by atoms with E-state index in [1.54, 1.807) is 6.07 Å². The Balaban J connectivity index is 1.81. The lowest BCUT2D eigenvalue weighted by Gasteiger charge is -2.16. The van der Waals surface area contributed by atoms with E-state index >= 15 is 0 Å². The highest BCUT2D eigenvalue weighted by Crippen LogP contribution is 2.22. The van der Waals surface area contributed by atoms with Crippen molar-refractivity contribution in [2.75, 3.05) is 20.3 Å². The first-order chi connectivity index (χ1) is 9.20. The first-order valence-corrected chi connectivity index (χ1v) is 6.89. The normalized spacial score (nSPS) is 20.5. The van der Waals surface area contributed by atoms with Gasteiger partial charge in [-0.25, -0.2) is 4.39 Å². The van der Waals surface area contributed by atoms with Gasteiger partial charge >= 0.3 is 0 Å². The number of hydrogen-bond donors (Lipinski definition) is 1. The fourth-order valence-electron chi connectivity index (χ4n) is 2.40. The summed E-state index contributed by atoms with van der Waals surface area (Å²) in [7, 11) is 1.47. The summed E-state index contributed by atoms with van der Waals surface area (Å²) < 4.78 is 24.1. The summed E-state index contributed by atoms with van der Waals surface area (Å²) in [6.07, 6.45) is 3.74. The summed E-state index contributed by atoms with van der Waals surface area (Å²) in [5, 5.41) is 3.40. The molecule has 1 heterocycles. The predicted octanol–water partition coefficient (Wildman–Crippen LogP) is 3.05. The minimum atomic E-state index is -0.312. The van der Waals surface area contributed by atoms with E-state index in [4.69, 9.17) is 9.47 Å². The fourth-order valence-corrected chi connectivity index (χ4v) is 2.40. The highest BCUT2D eigenvalue weighted by Gasteiger charge is 2.15. The van der Waals surface area contributed by atoms with Crippen LogP contribution in [0.25, 0.3) is 0 Å². The van der Waals surface area contributed by atoms with Gasteiger partial charge < -0.3 is 14.8 Å². The van der Waals surface area contributed by atoms with E-state index < -0.39 is 0 Å². The number of nitrogens with one attached hydrogen (secondary N) is 1. The van der Waals surface area contributed by atoms with Crippen molar-refractivity contribution >= 4 is 0 Å². The molecule has 1 saturated heterocycles. The molecule has 0 saturated carbocycles. The summed E-state index contributed by atoms with van der Waals surface area (Å²) in [6, 6.07) is 5.22. The highest BCUT2D eigenvalue weighted by molar-refractivity contribution is 5.30. The largest absolute Gasteiger partial charge is 0.494 e. The van der Waals surface area contributed by atoms with Crippen LogP contribution in [0.3, 0.4) is 0 Å². The van der Waals surface area contributed by atoms with E-state index in [1.165, 1.54) is 19.6 Å². The molecule has 0 spiro atoms. The van der Waals surface area contributed by atoms with Crippen LogP contribution in [0.1, 0.15) is 37.8 Å². The van der Waals surface area contributed by atoms with Crippen molar-refractivity contribution in [1.29, 1.82) is 0 Å². The van der Waals surface area contributed by atoms with Crippen molar-refractivity contribution in [3.05, 3.63) is 29.6 Å². The van der Waals surface area contributed by atoms with Crippen LogP contribution in [0.5, 0.6) is 5.75 Å². The van der Waals surface area contributed by atoms with E-state index in [2.05, 4.69) is 5.32 Å². The van der Waals surface area contributed by atoms with E-state index in [0.717, 1.165) is 31.6 Å². The molecule has 0 aliphatic carbocycles. The molecule has 2 rings (SSSR count). The van der Waals surface area contributed by atoms with Crippen LogP contribution in [0.2, 0.25) is 0 Å². The third-order valence-corrected chi connectivity index (χ3v) is 3.62. The van der Waals surface area contributed by atoms with Crippen LogP contribution in [0.15, 0.2) is 18.2 Å². The van der Waals surface area contributed by atoms with Gasteiger partial charge in [0.05, 0.1) is 13.2 Å². The maximum Gasteiger partial charge on any atom is 0.165 e. The number of methoxy groups -OCH3 is 1. The average Bonchev–Trinajstić information content (AvgIpc) is 2.91. The van der Waals surface area contributed by atoms with Crippen LogP contribution in [-0.4, -0.2) is 26.4 Å². The van der Waals surface area contributed by atoms with Crippen molar-refractivity contribution in [2.45, 2.75) is 38.3 Å². The van der Waals surface area contributed by atoms with Gasteiger partial charge in [0.2, 0.25) is 0 Å². The molecule has 1 fully saturated rings. The Morgan fingerprint density at radius 1 is 1.53 bits per heavy atom. The summed E-state index contributed by atoms with van der Waals surface area (Å²) >= 11 is 0. The molecule has 0 radical (unpaired) electrons. The second-order valence-electron chi connectivity index (χ2n) is 4.99. The molecule has 19 heavy (non-hydrogen) atoms. The molecule has 4 heteroatoms. The topological polar surface area (TPSA) is 30.5 Å². The molecular formula is C15H22FNO2. The Kier molecular flexibility index (Phi) is 5.16. The predicted molar refractivity (Wildman–Crippen MR) is 73.0 cm³/mol. The Morgan fingerprint density at radius 3 is 3.00 bits per heavy atom. The molecule has 106 valence electrons. The molecule has 0 aromatic heterocycles. The van der Waals surface area contributed by atoms with E-state index in [-0.39, 0.29) is 17.6 Å². The monoisotopic (exact) mass is 267 g/mol. The second-order valence-corrected chi connectivity index (χ2v) is 4.99. The zero-order chi connectivity index (χ0) is 13.7. The highest BCUT2D eigenvalue weighted by atomic mass is 19.1. The molecule has 1 aromatic rings. The number of halogens is 1. The summed E-state index contributed by atoms with van der Waals surface area (Å²) in [5.74, 6) is -0.0249. The summed E-state index contributed by atoms with van der Waals surface area (Å²) in [6.45, 7) is 3.82. The number of hydrogen-bond acceptors (Lipinski definition) is 3. The van der Waals surface area contributed by atoms with Gasteiger partial charge in [-0.1, -0.05) is 6.07 Å². The lowest BCUT2D eigenvalue weighted by molar-refractivity contribution is 0.103. The number of rotatable bonds is 6. The Labute approximate surface area is 114 Å². The van der Waals surface area contributed by atoms with Crippen LogP contribution < -0.4 is 10.1 Å². The van der Waals surface area contributed by atoms with Gasteiger partial charge in [0, 0.05) is 12.6 Å². The lowest BCUT2D eigenvalue weighted by atomic mass is 10.1. The average molecular weight is 267 g/mol. The van der Waals surface area contributed by atoms with E-state index in [9.17, 15) is 4.39 Å². The SMILES string of the molecule is COc1ccc(C(C)NCCC2CCCO2)cc1F. The molecule has 1 aromatic carbocycles. The minimum absolute atomic E-state index is 0.127. The first kappa shape index (κ1) is 14.3. The van der Waals surface area contributed by atoms with Gasteiger partial charge in [-0.15, -0.1) is 0 Å². The Bertz CT molecular complexity index is 405. The van der Waals surface area contributed by atoms with Crippen LogP contribution in [0.4, 0.5) is 4.39 Å².